The molecule has 0 aliphatic carbocycles. The predicted molar refractivity (Wildman–Crippen MR) is 101 cm³/mol. The van der Waals surface area contributed by atoms with Crippen LogP contribution in [0, 0.1) is 0 Å². The van der Waals surface area contributed by atoms with Crippen molar-refractivity contribution in [1.82, 2.24) is 9.78 Å². The van der Waals surface area contributed by atoms with Crippen molar-refractivity contribution in [3.8, 4) is 11.4 Å². The van der Waals surface area contributed by atoms with Crippen molar-refractivity contribution in [2.75, 3.05) is 19.0 Å². The molecule has 2 heterocycles. The van der Waals surface area contributed by atoms with Gasteiger partial charge in [-0.2, -0.15) is 5.10 Å². The van der Waals surface area contributed by atoms with Gasteiger partial charge in [-0.25, -0.2) is 4.68 Å². The van der Waals surface area contributed by atoms with Crippen molar-refractivity contribution in [1.29, 1.82) is 0 Å². The quantitative estimate of drug-likeness (QED) is 0.743. The van der Waals surface area contributed by atoms with E-state index in [1.807, 2.05) is 41.1 Å². The zero-order chi connectivity index (χ0) is 17.2. The van der Waals surface area contributed by atoms with Crippen molar-refractivity contribution < 1.29 is 4.74 Å². The van der Waals surface area contributed by atoms with E-state index in [1.54, 1.807) is 7.11 Å². The van der Waals surface area contributed by atoms with Gasteiger partial charge in [-0.1, -0.05) is 23.7 Å². The molecule has 4 rings (SSSR count). The average molecular weight is 354 g/mol. The molecular formula is C20H20ClN3O. The summed E-state index contributed by atoms with van der Waals surface area (Å²) in [6.07, 6.45) is 2.92. The maximum absolute atomic E-state index is 6.01. The first kappa shape index (κ1) is 16.0. The molecule has 0 saturated carbocycles. The van der Waals surface area contributed by atoms with Crippen LogP contribution in [-0.4, -0.2) is 23.4 Å². The van der Waals surface area contributed by atoms with Gasteiger partial charge in [-0.15, -0.1) is 0 Å². The highest BCUT2D eigenvalue weighted by atomic mass is 35.5. The van der Waals surface area contributed by atoms with E-state index in [4.69, 9.17) is 21.4 Å². The van der Waals surface area contributed by atoms with E-state index >= 15 is 0 Å². The molecule has 2 aromatic carbocycles. The minimum Gasteiger partial charge on any atom is -0.497 e. The van der Waals surface area contributed by atoms with Crippen LogP contribution in [0.1, 0.15) is 16.8 Å². The lowest BCUT2D eigenvalue weighted by molar-refractivity contribution is 0.414. The van der Waals surface area contributed by atoms with E-state index in [2.05, 4.69) is 17.4 Å². The first-order valence-electron chi connectivity index (χ1n) is 8.48. The number of ether oxygens (including phenoxy) is 1. The second-order valence-corrected chi connectivity index (χ2v) is 6.62. The smallest absolute Gasteiger partial charge is 0.133 e. The molecule has 0 atom stereocenters. The van der Waals surface area contributed by atoms with Crippen LogP contribution < -0.4 is 10.1 Å². The molecule has 25 heavy (non-hydrogen) atoms. The monoisotopic (exact) mass is 353 g/mol. The minimum atomic E-state index is 0.736. The number of benzene rings is 2. The van der Waals surface area contributed by atoms with Gasteiger partial charge in [-0.05, 0) is 61.2 Å². The summed E-state index contributed by atoms with van der Waals surface area (Å²) >= 11 is 6.01. The molecule has 0 amide bonds. The zero-order valence-electron chi connectivity index (χ0n) is 14.1. The van der Waals surface area contributed by atoms with Gasteiger partial charge in [0.05, 0.1) is 18.5 Å². The standard InChI is InChI=1S/C20H20ClN3O/c1-25-17-9-2-14(3-10-17)4-11-19-18-12-13-22-20(18)24(23-19)16-7-5-15(21)6-8-16/h2-3,5-10,22H,4,11-13H2,1H3. The summed E-state index contributed by atoms with van der Waals surface area (Å²) in [5, 5.41) is 9.07. The number of nitrogens with one attached hydrogen (secondary N) is 1. The second-order valence-electron chi connectivity index (χ2n) is 6.19. The lowest BCUT2D eigenvalue weighted by atomic mass is 10.1. The van der Waals surface area contributed by atoms with Crippen LogP contribution >= 0.6 is 11.6 Å². The Kier molecular flexibility index (Phi) is 4.36. The first-order valence-corrected chi connectivity index (χ1v) is 8.86. The van der Waals surface area contributed by atoms with Crippen molar-refractivity contribution in [2.24, 2.45) is 0 Å². The number of aryl methyl sites for hydroxylation is 2. The van der Waals surface area contributed by atoms with Gasteiger partial charge in [0, 0.05) is 17.1 Å². The van der Waals surface area contributed by atoms with E-state index in [0.717, 1.165) is 48.1 Å². The topological polar surface area (TPSA) is 39.1 Å². The van der Waals surface area contributed by atoms with E-state index in [-0.39, 0.29) is 0 Å². The first-order chi connectivity index (χ1) is 12.2. The molecule has 128 valence electrons. The summed E-state index contributed by atoms with van der Waals surface area (Å²) < 4.78 is 7.22. The fraction of sp³-hybridized carbons (Fsp3) is 0.250. The van der Waals surface area contributed by atoms with Crippen LogP contribution in [0.4, 0.5) is 5.82 Å². The van der Waals surface area contributed by atoms with E-state index in [0.29, 0.717) is 0 Å². The Morgan fingerprint density at radius 1 is 1.08 bits per heavy atom. The summed E-state index contributed by atoms with van der Waals surface area (Å²) in [5.41, 5.74) is 4.83. The van der Waals surface area contributed by atoms with Crippen LogP contribution in [0.3, 0.4) is 0 Å². The van der Waals surface area contributed by atoms with Gasteiger partial charge < -0.3 is 10.1 Å². The molecule has 0 bridgehead atoms. The number of methoxy groups -OCH3 is 1. The molecule has 1 aliphatic rings. The van der Waals surface area contributed by atoms with Crippen LogP contribution in [0.15, 0.2) is 48.5 Å². The second kappa shape index (κ2) is 6.81. The molecule has 0 saturated heterocycles. The number of hydrogen-bond donors (Lipinski definition) is 1. The lowest BCUT2D eigenvalue weighted by Gasteiger charge is -2.06. The SMILES string of the molecule is COc1ccc(CCc2nn(-c3ccc(Cl)cc3)c3c2CCN3)cc1. The van der Waals surface area contributed by atoms with Gasteiger partial charge in [0.25, 0.3) is 0 Å². The van der Waals surface area contributed by atoms with E-state index in [1.165, 1.54) is 16.8 Å². The number of nitrogens with zero attached hydrogens (tertiary/aromatic N) is 2. The minimum absolute atomic E-state index is 0.736. The molecule has 5 heteroatoms. The van der Waals surface area contributed by atoms with Crippen molar-refractivity contribution >= 4 is 17.4 Å². The molecule has 4 nitrogen and oxygen atoms in total. The molecule has 3 aromatic rings. The van der Waals surface area contributed by atoms with Crippen LogP contribution in [0.25, 0.3) is 5.69 Å². The largest absolute Gasteiger partial charge is 0.497 e. The number of halogens is 1. The highest BCUT2D eigenvalue weighted by Gasteiger charge is 2.22. The summed E-state index contributed by atoms with van der Waals surface area (Å²) in [4.78, 5) is 0. The van der Waals surface area contributed by atoms with E-state index in [9.17, 15) is 0 Å². The summed E-state index contributed by atoms with van der Waals surface area (Å²) in [7, 11) is 1.69. The van der Waals surface area contributed by atoms with Crippen molar-refractivity contribution in [3.63, 3.8) is 0 Å². The predicted octanol–water partition coefficient (Wildman–Crippen LogP) is 4.29. The fourth-order valence-corrected chi connectivity index (χ4v) is 3.40. The number of rotatable bonds is 5. The number of anilines is 1. The highest BCUT2D eigenvalue weighted by Crippen LogP contribution is 2.30. The van der Waals surface area contributed by atoms with Gasteiger partial charge in [0.2, 0.25) is 0 Å². The zero-order valence-corrected chi connectivity index (χ0v) is 14.9. The van der Waals surface area contributed by atoms with Crippen LogP contribution in [-0.2, 0) is 19.3 Å². The maximum atomic E-state index is 6.01. The molecule has 1 aromatic heterocycles. The number of hydrogen-bond acceptors (Lipinski definition) is 3. The van der Waals surface area contributed by atoms with Crippen LogP contribution in [0.5, 0.6) is 5.75 Å². The average Bonchev–Trinajstić information content (AvgIpc) is 3.24. The molecule has 0 unspecified atom stereocenters. The molecule has 1 aliphatic heterocycles. The van der Waals surface area contributed by atoms with Crippen LogP contribution in [0.2, 0.25) is 5.02 Å². The summed E-state index contributed by atoms with van der Waals surface area (Å²) in [6, 6.07) is 16.1. The molecule has 0 fully saturated rings. The molecule has 1 N–H and O–H groups in total. The van der Waals surface area contributed by atoms with Gasteiger partial charge in [0.1, 0.15) is 11.6 Å². The molecular weight excluding hydrogens is 334 g/mol. The summed E-state index contributed by atoms with van der Waals surface area (Å²) in [5.74, 6) is 2.01. The lowest BCUT2D eigenvalue weighted by Crippen LogP contribution is -2.05. The molecule has 0 radical (unpaired) electrons. The fourth-order valence-electron chi connectivity index (χ4n) is 3.27. The Morgan fingerprint density at radius 3 is 2.56 bits per heavy atom. The summed E-state index contributed by atoms with van der Waals surface area (Å²) in [6.45, 7) is 0.969. The van der Waals surface area contributed by atoms with Crippen molar-refractivity contribution in [3.05, 3.63) is 70.4 Å². The van der Waals surface area contributed by atoms with Gasteiger partial charge in [-0.3, -0.25) is 0 Å². The Hall–Kier alpha value is -2.46. The Balaban J connectivity index is 1.57. The van der Waals surface area contributed by atoms with Crippen molar-refractivity contribution in [2.45, 2.75) is 19.3 Å². The number of aromatic nitrogens is 2. The third-order valence-electron chi connectivity index (χ3n) is 4.61. The normalized spacial score (nSPS) is 12.7. The third-order valence-corrected chi connectivity index (χ3v) is 4.87. The molecule has 0 spiro atoms. The van der Waals surface area contributed by atoms with E-state index < -0.39 is 0 Å². The Morgan fingerprint density at radius 2 is 1.84 bits per heavy atom. The van der Waals surface area contributed by atoms with Gasteiger partial charge in [0.15, 0.2) is 0 Å². The Bertz CT molecular complexity index is 869. The maximum Gasteiger partial charge on any atom is 0.133 e. The Labute approximate surface area is 152 Å². The highest BCUT2D eigenvalue weighted by molar-refractivity contribution is 6.30. The third kappa shape index (κ3) is 3.22. The number of fused-ring (bicyclic) bond motifs is 1. The van der Waals surface area contributed by atoms with Gasteiger partial charge >= 0.3 is 0 Å².